The fourth-order valence-corrected chi connectivity index (χ4v) is 3.66. The van der Waals surface area contributed by atoms with Crippen LogP contribution in [0.2, 0.25) is 0 Å². The molecule has 134 valence electrons. The third kappa shape index (κ3) is 3.32. The van der Waals surface area contributed by atoms with Gasteiger partial charge in [0.2, 0.25) is 11.9 Å². The maximum absolute atomic E-state index is 11.6. The highest BCUT2D eigenvalue weighted by molar-refractivity contribution is 8.03. The van der Waals surface area contributed by atoms with Crippen molar-refractivity contribution >= 4 is 40.4 Å². The molecular weight excluding hydrogens is 358 g/mol. The number of hydrogen-bond acceptors (Lipinski definition) is 5. The van der Waals surface area contributed by atoms with E-state index in [1.165, 1.54) is 18.0 Å². The summed E-state index contributed by atoms with van der Waals surface area (Å²) in [5, 5.41) is 1.96. The second-order valence-electron chi connectivity index (χ2n) is 5.89. The minimum Gasteiger partial charge on any atom is -0.368 e. The van der Waals surface area contributed by atoms with Gasteiger partial charge in [-0.05, 0) is 40.3 Å². The van der Waals surface area contributed by atoms with Gasteiger partial charge in [0.05, 0.1) is 11.0 Å². The van der Waals surface area contributed by atoms with Gasteiger partial charge in [0.25, 0.3) is 0 Å². The number of nitrogens with zero attached hydrogens (tertiary/aromatic N) is 3. The fraction of sp³-hybridized carbons (Fsp3) is 0. The fourth-order valence-electron chi connectivity index (χ4n) is 2.96. The minimum absolute atomic E-state index is 0.384. The Labute approximate surface area is 160 Å². The predicted molar refractivity (Wildman–Crippen MR) is 111 cm³/mol. The van der Waals surface area contributed by atoms with E-state index < -0.39 is 5.91 Å². The Bertz CT molecular complexity index is 1100. The van der Waals surface area contributed by atoms with Crippen LogP contribution in [0.1, 0.15) is 11.1 Å². The van der Waals surface area contributed by atoms with Gasteiger partial charge in [-0.1, -0.05) is 42.5 Å². The normalized spacial score (nSPS) is 14.1. The van der Waals surface area contributed by atoms with E-state index in [1.807, 2.05) is 81.4 Å². The van der Waals surface area contributed by atoms with E-state index in [0.717, 1.165) is 27.7 Å². The Morgan fingerprint density at radius 2 is 1.89 bits per heavy atom. The van der Waals surface area contributed by atoms with Crippen LogP contribution < -0.4 is 15.9 Å². The van der Waals surface area contributed by atoms with Crippen molar-refractivity contribution < 1.29 is 4.79 Å². The van der Waals surface area contributed by atoms with Crippen molar-refractivity contribution in [3.63, 3.8) is 0 Å². The number of carbonyl (C=O) groups is 1. The Balaban J connectivity index is 1.88. The summed E-state index contributed by atoms with van der Waals surface area (Å²) < 4.78 is 3.73. The Hall–Kier alpha value is -3.45. The molecule has 2 aromatic carbocycles. The summed E-state index contributed by atoms with van der Waals surface area (Å²) in [7, 11) is 0. The third-order valence-corrected chi connectivity index (χ3v) is 4.89. The molecule has 1 aromatic heterocycles. The van der Waals surface area contributed by atoms with Crippen LogP contribution in [-0.4, -0.2) is 15.6 Å². The Morgan fingerprint density at radius 1 is 1.07 bits per heavy atom. The Morgan fingerprint density at radius 3 is 2.59 bits per heavy atom. The van der Waals surface area contributed by atoms with Crippen LogP contribution in [0.3, 0.4) is 0 Å². The first-order chi connectivity index (χ1) is 13.1. The highest BCUT2D eigenvalue weighted by Crippen LogP contribution is 2.29. The molecule has 2 heterocycles. The molecule has 1 aliphatic heterocycles. The number of hydrogen-bond donors (Lipinski definition) is 2. The molecule has 0 spiro atoms. The van der Waals surface area contributed by atoms with E-state index in [2.05, 4.69) is 4.98 Å². The summed E-state index contributed by atoms with van der Waals surface area (Å²) in [4.78, 5) is 16.1. The van der Waals surface area contributed by atoms with Gasteiger partial charge in [0.1, 0.15) is 0 Å². The lowest BCUT2D eigenvalue weighted by Gasteiger charge is -2.21. The van der Waals surface area contributed by atoms with Gasteiger partial charge >= 0.3 is 0 Å². The summed E-state index contributed by atoms with van der Waals surface area (Å²) in [5.74, 6) is -0.114. The SMILES string of the molecule is NC(=O)C=C(c1ccccc1)c1ccc2nc(N)n(N3C=CC=CS3)c2c1. The van der Waals surface area contributed by atoms with E-state index in [9.17, 15) is 4.79 Å². The molecule has 27 heavy (non-hydrogen) atoms. The average molecular weight is 375 g/mol. The van der Waals surface area contributed by atoms with E-state index in [-0.39, 0.29) is 0 Å². The molecule has 1 amide bonds. The highest BCUT2D eigenvalue weighted by Gasteiger charge is 2.16. The Kier molecular flexibility index (Phi) is 4.43. The van der Waals surface area contributed by atoms with Crippen molar-refractivity contribution in [2.45, 2.75) is 0 Å². The maximum Gasteiger partial charge on any atom is 0.242 e. The average Bonchev–Trinajstić information content (AvgIpc) is 3.02. The molecule has 0 bridgehead atoms. The summed E-state index contributed by atoms with van der Waals surface area (Å²) in [6.07, 6.45) is 7.23. The molecule has 0 saturated carbocycles. The number of nitrogen functional groups attached to an aromatic ring is 1. The first-order valence-corrected chi connectivity index (χ1v) is 9.11. The van der Waals surface area contributed by atoms with E-state index in [0.29, 0.717) is 5.95 Å². The number of amides is 1. The lowest BCUT2D eigenvalue weighted by molar-refractivity contribution is -0.113. The van der Waals surface area contributed by atoms with Crippen LogP contribution in [0, 0.1) is 0 Å². The number of primary amides is 1. The minimum atomic E-state index is -0.498. The van der Waals surface area contributed by atoms with Crippen LogP contribution in [-0.2, 0) is 4.79 Å². The first kappa shape index (κ1) is 17.0. The molecule has 1 aliphatic rings. The molecular formula is C20H17N5OS. The molecule has 0 unspecified atom stereocenters. The van der Waals surface area contributed by atoms with Gasteiger partial charge in [0, 0.05) is 24.2 Å². The van der Waals surface area contributed by atoms with Gasteiger partial charge in [-0.25, -0.2) is 14.1 Å². The number of rotatable bonds is 4. The van der Waals surface area contributed by atoms with Gasteiger partial charge in [0.15, 0.2) is 0 Å². The number of imidazole rings is 1. The molecule has 0 fully saturated rings. The third-order valence-electron chi connectivity index (χ3n) is 4.11. The molecule has 6 nitrogen and oxygen atoms in total. The summed E-state index contributed by atoms with van der Waals surface area (Å²) in [6.45, 7) is 0. The van der Waals surface area contributed by atoms with Crippen LogP contribution >= 0.6 is 11.9 Å². The highest BCUT2D eigenvalue weighted by atomic mass is 32.2. The summed E-state index contributed by atoms with van der Waals surface area (Å²) in [5.41, 5.74) is 15.7. The topological polar surface area (TPSA) is 90.2 Å². The molecule has 7 heteroatoms. The van der Waals surface area contributed by atoms with Crippen LogP contribution in [0.15, 0.2) is 78.4 Å². The van der Waals surface area contributed by atoms with Gasteiger partial charge in [-0.3, -0.25) is 4.79 Å². The zero-order valence-electron chi connectivity index (χ0n) is 14.3. The van der Waals surface area contributed by atoms with E-state index >= 15 is 0 Å². The van der Waals surface area contributed by atoms with Crippen LogP contribution in [0.25, 0.3) is 16.6 Å². The molecule has 4 N–H and O–H groups in total. The number of anilines is 1. The number of nitrogens with two attached hydrogens (primary N) is 2. The lowest BCUT2D eigenvalue weighted by Crippen LogP contribution is -2.23. The largest absolute Gasteiger partial charge is 0.368 e. The number of allylic oxidation sites excluding steroid dienone is 2. The van der Waals surface area contributed by atoms with E-state index in [4.69, 9.17) is 11.5 Å². The molecule has 0 atom stereocenters. The quantitative estimate of drug-likeness (QED) is 0.540. The van der Waals surface area contributed by atoms with E-state index in [1.54, 1.807) is 0 Å². The van der Waals surface area contributed by atoms with Crippen molar-refractivity contribution in [3.05, 3.63) is 89.5 Å². The second-order valence-corrected chi connectivity index (χ2v) is 6.75. The second kappa shape index (κ2) is 7.05. The summed E-state index contributed by atoms with van der Waals surface area (Å²) >= 11 is 1.49. The number of aromatic nitrogens is 2. The monoisotopic (exact) mass is 375 g/mol. The van der Waals surface area contributed by atoms with Crippen molar-refractivity contribution in [1.29, 1.82) is 0 Å². The molecule has 0 aliphatic carbocycles. The first-order valence-electron chi connectivity index (χ1n) is 8.28. The number of fused-ring (bicyclic) bond motifs is 1. The van der Waals surface area contributed by atoms with Gasteiger partial charge in [-0.15, -0.1) is 0 Å². The van der Waals surface area contributed by atoms with Crippen molar-refractivity contribution in [3.8, 4) is 0 Å². The molecule has 0 saturated heterocycles. The van der Waals surface area contributed by atoms with Crippen molar-refractivity contribution in [1.82, 2.24) is 9.66 Å². The van der Waals surface area contributed by atoms with Gasteiger partial charge < -0.3 is 11.5 Å². The van der Waals surface area contributed by atoms with Crippen molar-refractivity contribution in [2.75, 3.05) is 10.1 Å². The maximum atomic E-state index is 11.6. The van der Waals surface area contributed by atoms with Crippen LogP contribution in [0.5, 0.6) is 0 Å². The summed E-state index contributed by atoms with van der Waals surface area (Å²) in [6, 6.07) is 15.4. The number of benzene rings is 2. The standard InChI is InChI=1S/C20H17N5OS/c21-19(26)13-16(14-6-2-1-3-7-14)15-8-9-17-18(12-15)25(20(22)23-17)24-10-4-5-11-27-24/h1-13H,(H2,21,26)(H2,22,23). The molecule has 3 aromatic rings. The lowest BCUT2D eigenvalue weighted by atomic mass is 9.97. The number of carbonyl (C=O) groups excluding carboxylic acids is 1. The van der Waals surface area contributed by atoms with Crippen molar-refractivity contribution in [2.24, 2.45) is 5.73 Å². The molecule has 0 radical (unpaired) electrons. The predicted octanol–water partition coefficient (Wildman–Crippen LogP) is 3.16. The zero-order valence-corrected chi connectivity index (χ0v) is 15.1. The zero-order chi connectivity index (χ0) is 18.8. The molecule has 4 rings (SSSR count). The van der Waals surface area contributed by atoms with Gasteiger partial charge in [-0.2, -0.15) is 0 Å². The van der Waals surface area contributed by atoms with Crippen LogP contribution in [0.4, 0.5) is 5.95 Å². The smallest absolute Gasteiger partial charge is 0.242 e.